The molecule has 0 aromatic heterocycles. The molecule has 2 nitrogen and oxygen atoms in total. The highest BCUT2D eigenvalue weighted by molar-refractivity contribution is 5.13. The molecule has 2 heteroatoms. The Morgan fingerprint density at radius 2 is 2.06 bits per heavy atom. The Balaban J connectivity index is 1.84. The molecule has 0 saturated carbocycles. The molecule has 17 heavy (non-hydrogen) atoms. The zero-order chi connectivity index (χ0) is 12.1. The van der Waals surface area contributed by atoms with Gasteiger partial charge in [-0.3, -0.25) is 4.90 Å². The van der Waals surface area contributed by atoms with E-state index < -0.39 is 0 Å². The number of hydrogen-bond acceptors (Lipinski definition) is 2. The van der Waals surface area contributed by atoms with Crippen LogP contribution in [0.25, 0.3) is 0 Å². The molecule has 1 aliphatic heterocycles. The minimum absolute atomic E-state index is 0.228. The molecule has 0 bridgehead atoms. The highest BCUT2D eigenvalue weighted by Crippen LogP contribution is 2.11. The van der Waals surface area contributed by atoms with Gasteiger partial charge in [0.25, 0.3) is 0 Å². The van der Waals surface area contributed by atoms with Crippen LogP contribution in [-0.2, 0) is 11.3 Å². The van der Waals surface area contributed by atoms with Crippen LogP contribution in [0.1, 0.15) is 19.4 Å². The second-order valence-electron chi connectivity index (χ2n) is 4.81. The molecule has 1 heterocycles. The van der Waals surface area contributed by atoms with Crippen molar-refractivity contribution in [3.63, 3.8) is 0 Å². The summed E-state index contributed by atoms with van der Waals surface area (Å²) in [6, 6.07) is 10.9. The van der Waals surface area contributed by atoms with Crippen LogP contribution in [-0.4, -0.2) is 30.1 Å². The Bertz CT molecular complexity index is 358. The van der Waals surface area contributed by atoms with Crippen molar-refractivity contribution in [2.45, 2.75) is 32.6 Å². The smallest absolute Gasteiger partial charge is 0.0887 e. The average molecular weight is 231 g/mol. The fourth-order valence-electron chi connectivity index (χ4n) is 2.02. The topological polar surface area (TPSA) is 12.5 Å². The van der Waals surface area contributed by atoms with Crippen LogP contribution in [0.5, 0.6) is 0 Å². The standard InChI is InChI=1S/C15H21NO/c1-13(2)16-10-6-9-15(11-16)17-12-14-7-4-3-5-8-14/h3-9,13,15H,10-12H2,1-2H3/t15-/m0/s1. The first-order valence-electron chi connectivity index (χ1n) is 6.32. The van der Waals surface area contributed by atoms with E-state index in [2.05, 4.69) is 55.2 Å². The molecule has 0 radical (unpaired) electrons. The summed E-state index contributed by atoms with van der Waals surface area (Å²) in [4.78, 5) is 2.43. The Labute approximate surface area is 104 Å². The van der Waals surface area contributed by atoms with Gasteiger partial charge in [0, 0.05) is 19.1 Å². The Hall–Kier alpha value is -1.12. The third-order valence-electron chi connectivity index (χ3n) is 3.14. The van der Waals surface area contributed by atoms with Gasteiger partial charge in [0.15, 0.2) is 0 Å². The molecule has 1 aliphatic rings. The lowest BCUT2D eigenvalue weighted by Gasteiger charge is -2.31. The predicted molar refractivity (Wildman–Crippen MR) is 70.9 cm³/mol. The van der Waals surface area contributed by atoms with Crippen LogP contribution in [0.2, 0.25) is 0 Å². The summed E-state index contributed by atoms with van der Waals surface area (Å²) >= 11 is 0. The first kappa shape index (κ1) is 12.3. The molecule has 0 aliphatic carbocycles. The van der Waals surface area contributed by atoms with E-state index in [1.165, 1.54) is 5.56 Å². The minimum Gasteiger partial charge on any atom is -0.368 e. The van der Waals surface area contributed by atoms with Crippen LogP contribution in [0, 0.1) is 0 Å². The maximum Gasteiger partial charge on any atom is 0.0887 e. The summed E-state index contributed by atoms with van der Waals surface area (Å²) in [7, 11) is 0. The molecule has 0 spiro atoms. The molecule has 2 rings (SSSR count). The fraction of sp³-hybridized carbons (Fsp3) is 0.467. The Morgan fingerprint density at radius 1 is 1.29 bits per heavy atom. The molecule has 0 amide bonds. The van der Waals surface area contributed by atoms with Crippen molar-refractivity contribution in [3.05, 3.63) is 48.0 Å². The van der Waals surface area contributed by atoms with Gasteiger partial charge in [-0.15, -0.1) is 0 Å². The van der Waals surface area contributed by atoms with E-state index in [1.54, 1.807) is 0 Å². The minimum atomic E-state index is 0.228. The molecule has 0 N–H and O–H groups in total. The summed E-state index contributed by atoms with van der Waals surface area (Å²) in [6.07, 6.45) is 4.62. The van der Waals surface area contributed by atoms with Crippen molar-refractivity contribution in [1.82, 2.24) is 4.90 Å². The molecule has 0 saturated heterocycles. The normalized spacial score (nSPS) is 21.0. The van der Waals surface area contributed by atoms with Crippen molar-refractivity contribution in [3.8, 4) is 0 Å². The van der Waals surface area contributed by atoms with E-state index in [-0.39, 0.29) is 6.10 Å². The lowest BCUT2D eigenvalue weighted by molar-refractivity contribution is 0.0337. The molecular formula is C15H21NO. The summed E-state index contributed by atoms with van der Waals surface area (Å²) in [6.45, 7) is 7.20. The van der Waals surface area contributed by atoms with E-state index in [4.69, 9.17) is 4.74 Å². The van der Waals surface area contributed by atoms with Crippen molar-refractivity contribution in [2.24, 2.45) is 0 Å². The summed E-state index contributed by atoms with van der Waals surface area (Å²) < 4.78 is 5.92. The maximum atomic E-state index is 5.92. The largest absolute Gasteiger partial charge is 0.368 e. The van der Waals surface area contributed by atoms with E-state index in [0.717, 1.165) is 13.1 Å². The van der Waals surface area contributed by atoms with Crippen molar-refractivity contribution in [2.75, 3.05) is 13.1 Å². The van der Waals surface area contributed by atoms with Gasteiger partial charge < -0.3 is 4.74 Å². The van der Waals surface area contributed by atoms with E-state index in [9.17, 15) is 0 Å². The molecule has 1 atom stereocenters. The molecular weight excluding hydrogens is 210 g/mol. The monoisotopic (exact) mass is 231 g/mol. The van der Waals surface area contributed by atoms with Gasteiger partial charge in [0.2, 0.25) is 0 Å². The van der Waals surface area contributed by atoms with Crippen LogP contribution >= 0.6 is 0 Å². The average Bonchev–Trinajstić information content (AvgIpc) is 2.38. The van der Waals surface area contributed by atoms with Gasteiger partial charge in [-0.25, -0.2) is 0 Å². The zero-order valence-corrected chi connectivity index (χ0v) is 10.7. The molecule has 92 valence electrons. The number of hydrogen-bond donors (Lipinski definition) is 0. The van der Waals surface area contributed by atoms with Gasteiger partial charge in [0.05, 0.1) is 12.7 Å². The lowest BCUT2D eigenvalue weighted by atomic mass is 10.1. The van der Waals surface area contributed by atoms with Crippen LogP contribution in [0.15, 0.2) is 42.5 Å². The molecule has 1 aromatic carbocycles. The lowest BCUT2D eigenvalue weighted by Crippen LogP contribution is -2.40. The first-order chi connectivity index (χ1) is 8.25. The molecule has 0 unspecified atom stereocenters. The number of rotatable bonds is 4. The second kappa shape index (κ2) is 5.99. The van der Waals surface area contributed by atoms with Gasteiger partial charge in [-0.1, -0.05) is 42.5 Å². The summed E-state index contributed by atoms with van der Waals surface area (Å²) in [5, 5.41) is 0. The maximum absolute atomic E-state index is 5.92. The number of nitrogens with zero attached hydrogens (tertiary/aromatic N) is 1. The highest BCUT2D eigenvalue weighted by Gasteiger charge is 2.17. The van der Waals surface area contributed by atoms with Gasteiger partial charge >= 0.3 is 0 Å². The summed E-state index contributed by atoms with van der Waals surface area (Å²) in [5.74, 6) is 0. The highest BCUT2D eigenvalue weighted by atomic mass is 16.5. The second-order valence-corrected chi connectivity index (χ2v) is 4.81. The zero-order valence-electron chi connectivity index (χ0n) is 10.7. The Morgan fingerprint density at radius 3 is 2.76 bits per heavy atom. The van der Waals surface area contributed by atoms with Crippen LogP contribution in [0.4, 0.5) is 0 Å². The van der Waals surface area contributed by atoms with Crippen LogP contribution < -0.4 is 0 Å². The first-order valence-corrected chi connectivity index (χ1v) is 6.32. The quantitative estimate of drug-likeness (QED) is 0.739. The van der Waals surface area contributed by atoms with Crippen molar-refractivity contribution < 1.29 is 4.74 Å². The third kappa shape index (κ3) is 3.69. The van der Waals surface area contributed by atoms with Gasteiger partial charge in [-0.2, -0.15) is 0 Å². The number of ether oxygens (including phenoxy) is 1. The third-order valence-corrected chi connectivity index (χ3v) is 3.14. The van der Waals surface area contributed by atoms with Crippen molar-refractivity contribution in [1.29, 1.82) is 0 Å². The SMILES string of the molecule is CC(C)N1CC=C[C@H](OCc2ccccc2)C1. The van der Waals surface area contributed by atoms with Gasteiger partial charge in [-0.05, 0) is 19.4 Å². The van der Waals surface area contributed by atoms with E-state index in [1.807, 2.05) is 6.07 Å². The predicted octanol–water partition coefficient (Wildman–Crippen LogP) is 2.85. The Kier molecular flexibility index (Phi) is 4.35. The van der Waals surface area contributed by atoms with Crippen LogP contribution in [0.3, 0.4) is 0 Å². The molecule has 0 fully saturated rings. The number of benzene rings is 1. The summed E-state index contributed by atoms with van der Waals surface area (Å²) in [5.41, 5.74) is 1.24. The fourth-order valence-corrected chi connectivity index (χ4v) is 2.02. The van der Waals surface area contributed by atoms with E-state index in [0.29, 0.717) is 12.6 Å². The van der Waals surface area contributed by atoms with E-state index >= 15 is 0 Å². The van der Waals surface area contributed by atoms with Gasteiger partial charge in [0.1, 0.15) is 0 Å². The van der Waals surface area contributed by atoms with Crippen molar-refractivity contribution >= 4 is 0 Å². The molecule has 1 aromatic rings.